The maximum Gasteiger partial charge on any atom is 0.186 e. The third-order valence-electron chi connectivity index (χ3n) is 5.60. The Balaban J connectivity index is 1.85. The van der Waals surface area contributed by atoms with Gasteiger partial charge in [0.2, 0.25) is 0 Å². The summed E-state index contributed by atoms with van der Waals surface area (Å²) in [4.78, 5) is 11.7. The van der Waals surface area contributed by atoms with E-state index in [0.29, 0.717) is 19.3 Å². The molecule has 1 aliphatic carbocycles. The van der Waals surface area contributed by atoms with Crippen molar-refractivity contribution in [3.05, 3.63) is 11.6 Å². The van der Waals surface area contributed by atoms with Crippen LogP contribution in [0.1, 0.15) is 40.0 Å². The van der Waals surface area contributed by atoms with Crippen LogP contribution in [0.3, 0.4) is 0 Å². The van der Waals surface area contributed by atoms with E-state index >= 15 is 0 Å². The zero-order valence-corrected chi connectivity index (χ0v) is 16.1. The van der Waals surface area contributed by atoms with Gasteiger partial charge in [0.05, 0.1) is 19.3 Å². The minimum absolute atomic E-state index is 0.125. The molecule has 0 spiro atoms. The van der Waals surface area contributed by atoms with Gasteiger partial charge in [-0.15, -0.1) is 0 Å². The molecule has 0 aromatic rings. The van der Waals surface area contributed by atoms with E-state index in [4.69, 9.17) is 14.6 Å². The lowest BCUT2D eigenvalue weighted by molar-refractivity contribution is -0.304. The number of allylic oxidation sites excluding steroid dienone is 2. The number of carbonyl (C=O) groups is 1. The molecule has 156 valence electrons. The molecule has 2 aliphatic rings. The van der Waals surface area contributed by atoms with Gasteiger partial charge >= 0.3 is 0 Å². The predicted molar refractivity (Wildman–Crippen MR) is 95.6 cm³/mol. The number of aliphatic hydroxyl groups excluding tert-OH is 5. The molecule has 1 heterocycles. The van der Waals surface area contributed by atoms with Crippen LogP contribution >= 0.6 is 0 Å². The minimum atomic E-state index is -1.51. The number of rotatable bonds is 7. The summed E-state index contributed by atoms with van der Waals surface area (Å²) in [5.74, 6) is 0.303. The third-order valence-corrected chi connectivity index (χ3v) is 5.60. The van der Waals surface area contributed by atoms with E-state index in [1.54, 1.807) is 6.08 Å². The van der Waals surface area contributed by atoms with Gasteiger partial charge in [0.25, 0.3) is 0 Å². The topological polar surface area (TPSA) is 137 Å². The Labute approximate surface area is 159 Å². The molecule has 2 rings (SSSR count). The summed E-state index contributed by atoms with van der Waals surface area (Å²) in [5.41, 5.74) is 0.839. The van der Waals surface area contributed by atoms with Crippen molar-refractivity contribution in [1.82, 2.24) is 0 Å². The molecule has 0 amide bonds. The SMILES string of the molecule is CC1=CC(=O)CC(C)(C)[C@H]1CC[C@H](O)CO[C@@H]1O[C@H](CO)[C@H](O)[C@H](O)[C@H]1O. The highest BCUT2D eigenvalue weighted by Crippen LogP contribution is 2.42. The molecule has 7 atom stereocenters. The smallest absolute Gasteiger partial charge is 0.186 e. The molecule has 0 radical (unpaired) electrons. The van der Waals surface area contributed by atoms with Gasteiger partial charge in [-0.25, -0.2) is 0 Å². The standard InChI is InChI=1S/C19H32O8/c1-10-6-12(22)7-19(2,3)13(10)5-4-11(21)9-26-18-17(25)16(24)15(23)14(8-20)27-18/h6,11,13-18,20-21,23-25H,4-5,7-9H2,1-3H3/t11-,13-,14+,15-,16-,17+,18+/m0/s1. The highest BCUT2D eigenvalue weighted by atomic mass is 16.7. The van der Waals surface area contributed by atoms with Crippen molar-refractivity contribution in [2.24, 2.45) is 11.3 Å². The van der Waals surface area contributed by atoms with Crippen molar-refractivity contribution >= 4 is 5.78 Å². The zero-order chi connectivity index (χ0) is 20.4. The fourth-order valence-corrected chi connectivity index (χ4v) is 4.07. The first kappa shape index (κ1) is 22.4. The fraction of sp³-hybridized carbons (Fsp3) is 0.842. The summed E-state index contributed by atoms with van der Waals surface area (Å²) in [5, 5.41) is 48.8. The highest BCUT2D eigenvalue weighted by molar-refractivity contribution is 5.91. The second-order valence-electron chi connectivity index (χ2n) is 8.33. The van der Waals surface area contributed by atoms with Crippen molar-refractivity contribution < 1.29 is 39.8 Å². The van der Waals surface area contributed by atoms with Gasteiger partial charge in [0.15, 0.2) is 12.1 Å². The van der Waals surface area contributed by atoms with Crippen LogP contribution in [0.2, 0.25) is 0 Å². The maximum atomic E-state index is 11.7. The van der Waals surface area contributed by atoms with E-state index in [9.17, 15) is 25.2 Å². The third kappa shape index (κ3) is 5.35. The molecule has 1 saturated heterocycles. The van der Waals surface area contributed by atoms with E-state index < -0.39 is 43.4 Å². The van der Waals surface area contributed by atoms with E-state index in [0.717, 1.165) is 5.57 Å². The van der Waals surface area contributed by atoms with Crippen molar-refractivity contribution in [3.63, 3.8) is 0 Å². The van der Waals surface area contributed by atoms with Gasteiger partial charge in [-0.3, -0.25) is 4.79 Å². The molecular weight excluding hydrogens is 356 g/mol. The summed E-state index contributed by atoms with van der Waals surface area (Å²) in [6.45, 7) is 5.36. The first-order valence-corrected chi connectivity index (χ1v) is 9.38. The summed E-state index contributed by atoms with van der Waals surface area (Å²) in [7, 11) is 0. The van der Waals surface area contributed by atoms with Crippen LogP contribution in [0.4, 0.5) is 0 Å². The van der Waals surface area contributed by atoms with E-state index in [-0.39, 0.29) is 23.7 Å². The average Bonchev–Trinajstić information content (AvgIpc) is 2.57. The fourth-order valence-electron chi connectivity index (χ4n) is 4.07. The Morgan fingerprint density at radius 2 is 1.93 bits per heavy atom. The van der Waals surface area contributed by atoms with Crippen molar-refractivity contribution in [3.8, 4) is 0 Å². The first-order chi connectivity index (χ1) is 12.6. The van der Waals surface area contributed by atoms with Gasteiger partial charge < -0.3 is 35.0 Å². The van der Waals surface area contributed by atoms with Gasteiger partial charge in [0, 0.05) is 6.42 Å². The number of carbonyl (C=O) groups excluding carboxylic acids is 1. The van der Waals surface area contributed by atoms with Crippen molar-refractivity contribution in [2.75, 3.05) is 13.2 Å². The quantitative estimate of drug-likeness (QED) is 0.394. The van der Waals surface area contributed by atoms with Crippen LogP contribution in [0.15, 0.2) is 11.6 Å². The Morgan fingerprint density at radius 1 is 1.26 bits per heavy atom. The first-order valence-electron chi connectivity index (χ1n) is 9.38. The molecule has 27 heavy (non-hydrogen) atoms. The number of ether oxygens (including phenoxy) is 2. The van der Waals surface area contributed by atoms with Crippen LogP contribution in [0.25, 0.3) is 0 Å². The molecule has 1 fully saturated rings. The highest BCUT2D eigenvalue weighted by Gasteiger charge is 2.44. The second kappa shape index (κ2) is 9.09. The second-order valence-corrected chi connectivity index (χ2v) is 8.33. The van der Waals surface area contributed by atoms with Gasteiger partial charge in [-0.1, -0.05) is 19.4 Å². The molecule has 5 N–H and O–H groups in total. The summed E-state index contributed by atoms with van der Waals surface area (Å²) in [6.07, 6.45) is -4.28. The summed E-state index contributed by atoms with van der Waals surface area (Å²) in [6, 6.07) is 0. The molecular formula is C19H32O8. The van der Waals surface area contributed by atoms with Gasteiger partial charge in [-0.2, -0.15) is 0 Å². The van der Waals surface area contributed by atoms with E-state index in [1.807, 2.05) is 20.8 Å². The molecule has 1 aliphatic heterocycles. The Morgan fingerprint density at radius 3 is 2.52 bits per heavy atom. The van der Waals surface area contributed by atoms with Crippen LogP contribution in [-0.4, -0.2) is 81.3 Å². The molecule has 0 aromatic carbocycles. The monoisotopic (exact) mass is 388 g/mol. The Kier molecular flexibility index (Phi) is 7.54. The average molecular weight is 388 g/mol. The van der Waals surface area contributed by atoms with Crippen LogP contribution in [0, 0.1) is 11.3 Å². The molecule has 0 saturated carbocycles. The van der Waals surface area contributed by atoms with Crippen LogP contribution < -0.4 is 0 Å². The number of hydrogen-bond acceptors (Lipinski definition) is 8. The number of hydrogen-bond donors (Lipinski definition) is 5. The normalized spacial score (nSPS) is 37.8. The summed E-state index contributed by atoms with van der Waals surface area (Å²) >= 11 is 0. The Bertz CT molecular complexity index is 544. The number of aliphatic hydroxyl groups is 5. The molecule has 0 bridgehead atoms. The summed E-state index contributed by atoms with van der Waals surface area (Å²) < 4.78 is 10.6. The molecule has 0 unspecified atom stereocenters. The van der Waals surface area contributed by atoms with Gasteiger partial charge in [0.1, 0.15) is 24.4 Å². The van der Waals surface area contributed by atoms with Crippen LogP contribution in [-0.2, 0) is 14.3 Å². The minimum Gasteiger partial charge on any atom is -0.394 e. The lowest BCUT2D eigenvalue weighted by Gasteiger charge is -2.40. The maximum absolute atomic E-state index is 11.7. The molecule has 8 nitrogen and oxygen atoms in total. The van der Waals surface area contributed by atoms with Crippen molar-refractivity contribution in [2.45, 2.75) is 76.8 Å². The lowest BCUT2D eigenvalue weighted by atomic mass is 9.66. The van der Waals surface area contributed by atoms with Gasteiger partial charge in [-0.05, 0) is 37.2 Å². The molecule has 8 heteroatoms. The Hall–Kier alpha value is -0.870. The van der Waals surface area contributed by atoms with Crippen LogP contribution in [0.5, 0.6) is 0 Å². The van der Waals surface area contributed by atoms with E-state index in [2.05, 4.69) is 0 Å². The van der Waals surface area contributed by atoms with Crippen molar-refractivity contribution in [1.29, 1.82) is 0 Å². The lowest BCUT2D eigenvalue weighted by Crippen LogP contribution is -2.59. The predicted octanol–water partition coefficient (Wildman–Crippen LogP) is -0.494. The molecule has 0 aromatic heterocycles. The van der Waals surface area contributed by atoms with E-state index in [1.165, 1.54) is 0 Å². The number of ketones is 1. The largest absolute Gasteiger partial charge is 0.394 e. The zero-order valence-electron chi connectivity index (χ0n) is 16.1.